The van der Waals surface area contributed by atoms with Crippen molar-refractivity contribution in [1.82, 2.24) is 9.55 Å². The Morgan fingerprint density at radius 1 is 1.15 bits per heavy atom. The van der Waals surface area contributed by atoms with Crippen LogP contribution in [0.1, 0.15) is 11.4 Å². The van der Waals surface area contributed by atoms with Crippen LogP contribution in [0.2, 0.25) is 0 Å². The van der Waals surface area contributed by atoms with Crippen molar-refractivity contribution >= 4 is 10.9 Å². The van der Waals surface area contributed by atoms with Crippen LogP contribution < -0.4 is 10.3 Å². The maximum atomic E-state index is 12.6. The summed E-state index contributed by atoms with van der Waals surface area (Å²) in [6.07, 6.45) is -0.799. The molecule has 0 aliphatic rings. The predicted molar refractivity (Wildman–Crippen MR) is 99.4 cm³/mol. The van der Waals surface area contributed by atoms with Crippen LogP contribution in [0.15, 0.2) is 53.3 Å². The lowest BCUT2D eigenvalue weighted by molar-refractivity contribution is 0.0195. The van der Waals surface area contributed by atoms with Gasteiger partial charge in [-0.1, -0.05) is 24.3 Å². The zero-order chi connectivity index (χ0) is 18.5. The number of methoxy groups -OCH3 is 1. The predicted octanol–water partition coefficient (Wildman–Crippen LogP) is 2.29. The number of hydrogen-bond donors (Lipinski definition) is 1. The molecule has 0 spiro atoms. The molecule has 3 aromatic rings. The Morgan fingerprint density at radius 3 is 2.62 bits per heavy atom. The number of hydrogen-bond acceptors (Lipinski definition) is 5. The average Bonchev–Trinajstić information content (AvgIpc) is 2.66. The number of rotatable bonds is 7. The van der Waals surface area contributed by atoms with E-state index in [0.717, 1.165) is 11.3 Å². The molecule has 0 amide bonds. The van der Waals surface area contributed by atoms with Crippen LogP contribution in [-0.2, 0) is 17.9 Å². The molecule has 2 aromatic carbocycles. The van der Waals surface area contributed by atoms with Gasteiger partial charge in [0.1, 0.15) is 11.6 Å². The number of aryl methyl sites for hydroxylation is 1. The van der Waals surface area contributed by atoms with Crippen LogP contribution in [0.3, 0.4) is 0 Å². The molecule has 1 aromatic heterocycles. The summed E-state index contributed by atoms with van der Waals surface area (Å²) in [5.74, 6) is 1.36. The molecule has 0 fully saturated rings. The maximum absolute atomic E-state index is 12.6. The first-order chi connectivity index (χ1) is 12.6. The van der Waals surface area contributed by atoms with E-state index in [-0.39, 0.29) is 18.7 Å². The topological polar surface area (TPSA) is 73.6 Å². The van der Waals surface area contributed by atoms with Gasteiger partial charge in [0, 0.05) is 0 Å². The van der Waals surface area contributed by atoms with E-state index in [1.165, 1.54) is 4.57 Å². The fraction of sp³-hybridized carbons (Fsp3) is 0.300. The second-order valence-electron chi connectivity index (χ2n) is 6.11. The second-order valence-corrected chi connectivity index (χ2v) is 6.11. The van der Waals surface area contributed by atoms with E-state index in [9.17, 15) is 9.90 Å². The highest BCUT2D eigenvalue weighted by atomic mass is 16.5. The zero-order valence-corrected chi connectivity index (χ0v) is 14.9. The van der Waals surface area contributed by atoms with E-state index in [4.69, 9.17) is 9.47 Å². The Hall–Kier alpha value is -2.70. The Bertz CT molecular complexity index is 935. The summed E-state index contributed by atoms with van der Waals surface area (Å²) in [5.41, 5.74) is 1.50. The van der Waals surface area contributed by atoms with Gasteiger partial charge in [-0.2, -0.15) is 0 Å². The number of aromatic nitrogens is 2. The molecule has 6 nitrogen and oxygen atoms in total. The maximum Gasteiger partial charge on any atom is 0.261 e. The summed E-state index contributed by atoms with van der Waals surface area (Å²) in [7, 11) is 1.62. The summed E-state index contributed by atoms with van der Waals surface area (Å²) >= 11 is 0. The molecule has 0 aliphatic carbocycles. The normalized spacial score (nSPS) is 12.3. The van der Waals surface area contributed by atoms with Gasteiger partial charge in [0.15, 0.2) is 0 Å². The molecule has 1 N–H and O–H groups in total. The van der Waals surface area contributed by atoms with Crippen molar-refractivity contribution in [3.05, 3.63) is 70.3 Å². The van der Waals surface area contributed by atoms with Crippen molar-refractivity contribution in [2.75, 3.05) is 13.7 Å². The van der Waals surface area contributed by atoms with Crippen LogP contribution in [0.5, 0.6) is 5.75 Å². The van der Waals surface area contributed by atoms with Gasteiger partial charge in [0.25, 0.3) is 5.56 Å². The van der Waals surface area contributed by atoms with Crippen molar-refractivity contribution in [2.24, 2.45) is 0 Å². The van der Waals surface area contributed by atoms with E-state index in [1.807, 2.05) is 36.4 Å². The number of fused-ring (bicyclic) bond motifs is 1. The molecule has 1 heterocycles. The van der Waals surface area contributed by atoms with Crippen molar-refractivity contribution in [2.45, 2.75) is 26.2 Å². The van der Waals surface area contributed by atoms with Crippen molar-refractivity contribution in [3.63, 3.8) is 0 Å². The van der Waals surface area contributed by atoms with E-state index < -0.39 is 6.10 Å². The second kappa shape index (κ2) is 8.12. The Labute approximate surface area is 151 Å². The highest BCUT2D eigenvalue weighted by Gasteiger charge is 2.12. The number of para-hydroxylation sites is 1. The molecule has 0 unspecified atom stereocenters. The third kappa shape index (κ3) is 4.09. The van der Waals surface area contributed by atoms with Gasteiger partial charge < -0.3 is 14.6 Å². The molecule has 0 bridgehead atoms. The number of aliphatic hydroxyl groups is 1. The molecule has 0 aliphatic heterocycles. The summed E-state index contributed by atoms with van der Waals surface area (Å²) < 4.78 is 12.2. The van der Waals surface area contributed by atoms with Gasteiger partial charge in [0.2, 0.25) is 0 Å². The quantitative estimate of drug-likeness (QED) is 0.705. The highest BCUT2D eigenvalue weighted by Crippen LogP contribution is 2.12. The molecule has 1 atom stereocenters. The first kappa shape index (κ1) is 18.1. The average molecular weight is 354 g/mol. The third-order valence-electron chi connectivity index (χ3n) is 4.18. The fourth-order valence-corrected chi connectivity index (χ4v) is 2.79. The third-order valence-corrected chi connectivity index (χ3v) is 4.18. The van der Waals surface area contributed by atoms with E-state index in [2.05, 4.69) is 4.98 Å². The minimum Gasteiger partial charge on any atom is -0.497 e. The first-order valence-corrected chi connectivity index (χ1v) is 8.43. The van der Waals surface area contributed by atoms with Crippen molar-refractivity contribution in [3.8, 4) is 5.75 Å². The zero-order valence-electron chi connectivity index (χ0n) is 14.9. The van der Waals surface area contributed by atoms with Crippen LogP contribution >= 0.6 is 0 Å². The van der Waals surface area contributed by atoms with Crippen molar-refractivity contribution in [1.29, 1.82) is 0 Å². The van der Waals surface area contributed by atoms with Crippen LogP contribution in [0.4, 0.5) is 0 Å². The standard InChI is InChI=1S/C20H22N2O4/c1-14-21-19-6-4-3-5-18(19)20(24)22(14)11-16(23)13-26-12-15-7-9-17(25-2)10-8-15/h3-10,16,23H,11-13H2,1-2H3/t16-/m0/s1. The van der Waals surface area contributed by atoms with Crippen LogP contribution in [-0.4, -0.2) is 34.5 Å². The molecule has 0 saturated heterocycles. The van der Waals surface area contributed by atoms with Gasteiger partial charge >= 0.3 is 0 Å². The monoisotopic (exact) mass is 354 g/mol. The molecule has 136 valence electrons. The fourth-order valence-electron chi connectivity index (χ4n) is 2.79. The van der Waals surface area contributed by atoms with Gasteiger partial charge in [-0.05, 0) is 36.8 Å². The lowest BCUT2D eigenvalue weighted by Gasteiger charge is -2.15. The summed E-state index contributed by atoms with van der Waals surface area (Å²) in [4.78, 5) is 17.0. The van der Waals surface area contributed by atoms with Gasteiger partial charge in [-0.3, -0.25) is 9.36 Å². The van der Waals surface area contributed by atoms with Gasteiger partial charge in [0.05, 0.1) is 43.9 Å². The summed E-state index contributed by atoms with van der Waals surface area (Å²) in [5, 5.41) is 10.8. The van der Waals surface area contributed by atoms with Gasteiger partial charge in [-0.25, -0.2) is 4.98 Å². The highest BCUT2D eigenvalue weighted by molar-refractivity contribution is 5.77. The summed E-state index contributed by atoms with van der Waals surface area (Å²) in [6, 6.07) is 14.7. The minimum absolute atomic E-state index is 0.130. The minimum atomic E-state index is -0.799. The van der Waals surface area contributed by atoms with E-state index in [1.54, 1.807) is 26.2 Å². The molecular formula is C20H22N2O4. The lowest BCUT2D eigenvalue weighted by atomic mass is 10.2. The number of aliphatic hydroxyl groups excluding tert-OH is 1. The van der Waals surface area contributed by atoms with E-state index >= 15 is 0 Å². The SMILES string of the molecule is COc1ccc(COC[C@@H](O)Cn2c(C)nc3ccccc3c2=O)cc1. The Balaban J connectivity index is 1.62. The number of ether oxygens (including phenoxy) is 2. The molecule has 3 rings (SSSR count). The number of benzene rings is 2. The summed E-state index contributed by atoms with van der Waals surface area (Å²) in [6.45, 7) is 2.42. The van der Waals surface area contributed by atoms with E-state index in [0.29, 0.717) is 23.3 Å². The number of nitrogens with zero attached hydrogens (tertiary/aromatic N) is 2. The molecule has 0 radical (unpaired) electrons. The molecule has 6 heteroatoms. The first-order valence-electron chi connectivity index (χ1n) is 8.43. The van der Waals surface area contributed by atoms with Crippen LogP contribution in [0, 0.1) is 6.92 Å². The molecule has 26 heavy (non-hydrogen) atoms. The molecule has 0 saturated carbocycles. The van der Waals surface area contributed by atoms with Crippen LogP contribution in [0.25, 0.3) is 10.9 Å². The largest absolute Gasteiger partial charge is 0.497 e. The van der Waals surface area contributed by atoms with Gasteiger partial charge in [-0.15, -0.1) is 0 Å². The smallest absolute Gasteiger partial charge is 0.261 e. The lowest BCUT2D eigenvalue weighted by Crippen LogP contribution is -2.31. The Kier molecular flexibility index (Phi) is 5.65. The Morgan fingerprint density at radius 2 is 1.88 bits per heavy atom. The van der Waals surface area contributed by atoms with Crippen molar-refractivity contribution < 1.29 is 14.6 Å². The molecular weight excluding hydrogens is 332 g/mol.